The van der Waals surface area contributed by atoms with E-state index in [0.717, 1.165) is 24.4 Å². The van der Waals surface area contributed by atoms with Crippen molar-refractivity contribution >= 4 is 0 Å². The van der Waals surface area contributed by atoms with E-state index < -0.39 is 0 Å². The first kappa shape index (κ1) is 12.2. The molecule has 84 valence electrons. The molecule has 0 radical (unpaired) electrons. The molecule has 0 amide bonds. The molecular weight excluding hydrogens is 189 g/mol. The van der Waals surface area contributed by atoms with Crippen molar-refractivity contribution in [3.05, 3.63) is 35.6 Å². The molecule has 0 bridgehead atoms. The molecular formula is C13H20FN. The number of rotatable bonds is 6. The Morgan fingerprint density at radius 3 is 2.67 bits per heavy atom. The Hall–Kier alpha value is -0.890. The van der Waals surface area contributed by atoms with Crippen LogP contribution in [0.15, 0.2) is 24.3 Å². The zero-order chi connectivity index (χ0) is 11.1. The van der Waals surface area contributed by atoms with Crippen molar-refractivity contribution in [3.8, 4) is 0 Å². The molecule has 2 heteroatoms. The molecule has 0 spiro atoms. The van der Waals surface area contributed by atoms with Crippen LogP contribution >= 0.6 is 0 Å². The van der Waals surface area contributed by atoms with E-state index in [1.54, 1.807) is 6.07 Å². The highest BCUT2D eigenvalue weighted by atomic mass is 19.1. The Labute approximate surface area is 91.7 Å². The van der Waals surface area contributed by atoms with Crippen molar-refractivity contribution < 1.29 is 4.39 Å². The first-order chi connectivity index (χ1) is 7.20. The standard InChI is InChI=1S/C13H20FN/c1-11(2)6-5-9-15-10-12-7-3-4-8-13(12)14/h3-4,7-8,11,15H,5-6,9-10H2,1-2H3. The van der Waals surface area contributed by atoms with Crippen LogP contribution in [0.3, 0.4) is 0 Å². The van der Waals surface area contributed by atoms with Gasteiger partial charge in [-0.25, -0.2) is 4.39 Å². The number of halogens is 1. The van der Waals surface area contributed by atoms with Crippen molar-refractivity contribution in [2.75, 3.05) is 6.54 Å². The van der Waals surface area contributed by atoms with Gasteiger partial charge >= 0.3 is 0 Å². The van der Waals surface area contributed by atoms with Gasteiger partial charge in [-0.1, -0.05) is 32.0 Å². The van der Waals surface area contributed by atoms with Crippen molar-refractivity contribution in [2.45, 2.75) is 33.2 Å². The van der Waals surface area contributed by atoms with Crippen LogP contribution in [0.5, 0.6) is 0 Å². The summed E-state index contributed by atoms with van der Waals surface area (Å²) in [6.45, 7) is 6.03. The van der Waals surface area contributed by atoms with E-state index >= 15 is 0 Å². The SMILES string of the molecule is CC(C)CCCNCc1ccccc1F. The minimum atomic E-state index is -0.117. The molecule has 0 aliphatic rings. The third kappa shape index (κ3) is 4.93. The fourth-order valence-electron chi connectivity index (χ4n) is 1.50. The molecule has 0 unspecified atom stereocenters. The Balaban J connectivity index is 2.18. The normalized spacial score (nSPS) is 10.9. The summed E-state index contributed by atoms with van der Waals surface area (Å²) in [6, 6.07) is 6.92. The second-order valence-electron chi connectivity index (χ2n) is 4.30. The molecule has 0 aliphatic carbocycles. The van der Waals surface area contributed by atoms with Gasteiger partial charge in [0.15, 0.2) is 0 Å². The van der Waals surface area contributed by atoms with Crippen LogP contribution in [0.1, 0.15) is 32.3 Å². The van der Waals surface area contributed by atoms with Crippen LogP contribution in [-0.4, -0.2) is 6.54 Å². The van der Waals surface area contributed by atoms with Crippen LogP contribution in [0.4, 0.5) is 4.39 Å². The fourth-order valence-corrected chi connectivity index (χ4v) is 1.50. The summed E-state index contributed by atoms with van der Waals surface area (Å²) in [5.74, 6) is 0.633. The van der Waals surface area contributed by atoms with E-state index in [-0.39, 0.29) is 5.82 Å². The maximum Gasteiger partial charge on any atom is 0.127 e. The molecule has 1 N–H and O–H groups in total. The fraction of sp³-hybridized carbons (Fsp3) is 0.538. The highest BCUT2D eigenvalue weighted by molar-refractivity contribution is 5.16. The average Bonchev–Trinajstić information content (AvgIpc) is 2.20. The topological polar surface area (TPSA) is 12.0 Å². The van der Waals surface area contributed by atoms with Crippen LogP contribution < -0.4 is 5.32 Å². The minimum Gasteiger partial charge on any atom is -0.313 e. The summed E-state index contributed by atoms with van der Waals surface area (Å²) in [4.78, 5) is 0. The quantitative estimate of drug-likeness (QED) is 0.708. The largest absolute Gasteiger partial charge is 0.313 e. The Bertz CT molecular complexity index is 284. The lowest BCUT2D eigenvalue weighted by Gasteiger charge is -2.07. The minimum absolute atomic E-state index is 0.117. The van der Waals surface area contributed by atoms with Gasteiger partial charge in [-0.2, -0.15) is 0 Å². The second kappa shape index (κ2) is 6.57. The number of benzene rings is 1. The molecule has 0 heterocycles. The van der Waals surface area contributed by atoms with Crippen LogP contribution in [0.2, 0.25) is 0 Å². The van der Waals surface area contributed by atoms with Gasteiger partial charge in [-0.15, -0.1) is 0 Å². The zero-order valence-corrected chi connectivity index (χ0v) is 9.59. The van der Waals surface area contributed by atoms with Gasteiger partial charge in [0.2, 0.25) is 0 Å². The van der Waals surface area contributed by atoms with E-state index in [0.29, 0.717) is 6.54 Å². The smallest absolute Gasteiger partial charge is 0.127 e. The van der Waals surface area contributed by atoms with Gasteiger partial charge in [-0.05, 0) is 31.4 Å². The predicted molar refractivity (Wildman–Crippen MR) is 62.2 cm³/mol. The van der Waals surface area contributed by atoms with Crippen molar-refractivity contribution in [1.82, 2.24) is 5.32 Å². The molecule has 1 aromatic carbocycles. The van der Waals surface area contributed by atoms with Gasteiger partial charge < -0.3 is 5.32 Å². The predicted octanol–water partition coefficient (Wildman–Crippen LogP) is 3.35. The van der Waals surface area contributed by atoms with Gasteiger partial charge in [-0.3, -0.25) is 0 Å². The molecule has 0 atom stereocenters. The molecule has 0 aliphatic heterocycles. The Morgan fingerprint density at radius 2 is 2.00 bits per heavy atom. The Morgan fingerprint density at radius 1 is 1.27 bits per heavy atom. The zero-order valence-electron chi connectivity index (χ0n) is 9.59. The van der Waals surface area contributed by atoms with Gasteiger partial charge in [0.25, 0.3) is 0 Å². The third-order valence-electron chi connectivity index (χ3n) is 2.41. The van der Waals surface area contributed by atoms with E-state index in [4.69, 9.17) is 0 Å². The lowest BCUT2D eigenvalue weighted by molar-refractivity contribution is 0.521. The first-order valence-corrected chi connectivity index (χ1v) is 5.64. The lowest BCUT2D eigenvalue weighted by atomic mass is 10.1. The first-order valence-electron chi connectivity index (χ1n) is 5.64. The molecule has 1 rings (SSSR count). The Kier molecular flexibility index (Phi) is 5.33. The highest BCUT2D eigenvalue weighted by Gasteiger charge is 1.99. The number of hydrogen-bond acceptors (Lipinski definition) is 1. The van der Waals surface area contributed by atoms with Crippen LogP contribution in [0.25, 0.3) is 0 Å². The molecule has 1 aromatic rings. The molecule has 0 saturated carbocycles. The van der Waals surface area contributed by atoms with E-state index in [1.807, 2.05) is 12.1 Å². The summed E-state index contributed by atoms with van der Waals surface area (Å²) in [6.07, 6.45) is 2.39. The van der Waals surface area contributed by atoms with Gasteiger partial charge in [0.1, 0.15) is 5.82 Å². The van der Waals surface area contributed by atoms with Crippen molar-refractivity contribution in [3.63, 3.8) is 0 Å². The second-order valence-corrected chi connectivity index (χ2v) is 4.30. The van der Waals surface area contributed by atoms with E-state index in [2.05, 4.69) is 19.2 Å². The van der Waals surface area contributed by atoms with E-state index in [1.165, 1.54) is 12.5 Å². The third-order valence-corrected chi connectivity index (χ3v) is 2.41. The average molecular weight is 209 g/mol. The number of hydrogen-bond donors (Lipinski definition) is 1. The maximum absolute atomic E-state index is 13.2. The summed E-state index contributed by atoms with van der Waals surface area (Å²) in [5, 5.41) is 3.26. The van der Waals surface area contributed by atoms with Crippen molar-refractivity contribution in [2.24, 2.45) is 5.92 Å². The number of nitrogens with one attached hydrogen (secondary N) is 1. The monoisotopic (exact) mass is 209 g/mol. The summed E-state index contributed by atoms with van der Waals surface area (Å²) in [5.41, 5.74) is 0.752. The highest BCUT2D eigenvalue weighted by Crippen LogP contribution is 2.06. The van der Waals surface area contributed by atoms with Gasteiger partial charge in [0.05, 0.1) is 0 Å². The lowest BCUT2D eigenvalue weighted by Crippen LogP contribution is -2.16. The molecule has 0 saturated heterocycles. The summed E-state index contributed by atoms with van der Waals surface area (Å²) in [7, 11) is 0. The van der Waals surface area contributed by atoms with Crippen LogP contribution in [-0.2, 0) is 6.54 Å². The molecule has 15 heavy (non-hydrogen) atoms. The molecule has 0 aromatic heterocycles. The molecule has 0 fully saturated rings. The van der Waals surface area contributed by atoms with Crippen LogP contribution in [0, 0.1) is 11.7 Å². The molecule has 1 nitrogen and oxygen atoms in total. The summed E-state index contributed by atoms with van der Waals surface area (Å²) >= 11 is 0. The van der Waals surface area contributed by atoms with Gasteiger partial charge in [0, 0.05) is 12.1 Å². The van der Waals surface area contributed by atoms with E-state index in [9.17, 15) is 4.39 Å². The van der Waals surface area contributed by atoms with Crippen molar-refractivity contribution in [1.29, 1.82) is 0 Å². The summed E-state index contributed by atoms with van der Waals surface area (Å²) < 4.78 is 13.2. The maximum atomic E-state index is 13.2.